The molecular formula is C24H36BrNO2. The maximum Gasteiger partial charge on any atom is 0.175 e. The largest absolute Gasteiger partial charge is 0.490 e. The van der Waals surface area contributed by atoms with Gasteiger partial charge >= 0.3 is 0 Å². The predicted molar refractivity (Wildman–Crippen MR) is 118 cm³/mol. The zero-order valence-corrected chi connectivity index (χ0v) is 19.5. The summed E-state index contributed by atoms with van der Waals surface area (Å²) >= 11 is 3.70. The fourth-order valence-electron chi connectivity index (χ4n) is 6.53. The van der Waals surface area contributed by atoms with Crippen LogP contribution in [0.1, 0.15) is 71.8 Å². The third kappa shape index (κ3) is 4.09. The van der Waals surface area contributed by atoms with Crippen LogP contribution in [-0.4, -0.2) is 18.8 Å². The Bertz CT molecular complexity index is 667. The Balaban J connectivity index is 1.46. The van der Waals surface area contributed by atoms with Gasteiger partial charge in [0.05, 0.1) is 17.2 Å². The van der Waals surface area contributed by atoms with Crippen molar-refractivity contribution < 1.29 is 9.47 Å². The van der Waals surface area contributed by atoms with E-state index in [-0.39, 0.29) is 6.10 Å². The van der Waals surface area contributed by atoms with Crippen LogP contribution in [0.3, 0.4) is 0 Å². The first-order chi connectivity index (χ1) is 13.4. The SMILES string of the molecule is CCOc1cc(CNC(C)C23CC4CC(CC(C4)C2)C3)cc(Br)c1OC(C)C. The summed E-state index contributed by atoms with van der Waals surface area (Å²) in [4.78, 5) is 0. The third-order valence-electron chi connectivity index (χ3n) is 7.34. The molecule has 4 aliphatic carbocycles. The first-order valence-corrected chi connectivity index (χ1v) is 12.0. The molecule has 0 saturated heterocycles. The lowest BCUT2D eigenvalue weighted by molar-refractivity contribution is -0.0706. The van der Waals surface area contributed by atoms with Crippen LogP contribution in [0.2, 0.25) is 0 Å². The highest BCUT2D eigenvalue weighted by atomic mass is 79.9. The molecule has 0 aromatic heterocycles. The van der Waals surface area contributed by atoms with Gasteiger partial charge in [-0.05, 0) is 123 Å². The van der Waals surface area contributed by atoms with E-state index in [0.29, 0.717) is 18.1 Å². The Morgan fingerprint density at radius 2 is 1.68 bits per heavy atom. The van der Waals surface area contributed by atoms with Crippen molar-refractivity contribution in [2.45, 2.75) is 84.9 Å². The van der Waals surface area contributed by atoms with Crippen molar-refractivity contribution in [1.82, 2.24) is 5.32 Å². The summed E-state index contributed by atoms with van der Waals surface area (Å²) < 4.78 is 12.8. The molecule has 4 heteroatoms. The van der Waals surface area contributed by atoms with Gasteiger partial charge in [-0.1, -0.05) is 0 Å². The Kier molecular flexibility index (Phi) is 6.00. The van der Waals surface area contributed by atoms with E-state index in [9.17, 15) is 0 Å². The highest BCUT2D eigenvalue weighted by Crippen LogP contribution is 2.61. The van der Waals surface area contributed by atoms with Crippen molar-refractivity contribution in [3.05, 3.63) is 22.2 Å². The summed E-state index contributed by atoms with van der Waals surface area (Å²) in [7, 11) is 0. The highest BCUT2D eigenvalue weighted by Gasteiger charge is 2.52. The molecule has 0 heterocycles. The molecule has 5 rings (SSSR count). The molecule has 1 atom stereocenters. The quantitative estimate of drug-likeness (QED) is 0.502. The highest BCUT2D eigenvalue weighted by molar-refractivity contribution is 9.10. The summed E-state index contributed by atoms with van der Waals surface area (Å²) in [6.07, 6.45) is 8.98. The Morgan fingerprint density at radius 3 is 2.21 bits per heavy atom. The van der Waals surface area contributed by atoms with Gasteiger partial charge in [-0.15, -0.1) is 0 Å². The van der Waals surface area contributed by atoms with Gasteiger partial charge in [0.15, 0.2) is 11.5 Å². The normalized spacial score (nSPS) is 32.0. The minimum atomic E-state index is 0.121. The van der Waals surface area contributed by atoms with Crippen molar-refractivity contribution in [3.63, 3.8) is 0 Å². The third-order valence-corrected chi connectivity index (χ3v) is 7.93. The zero-order valence-electron chi connectivity index (χ0n) is 17.9. The molecular weight excluding hydrogens is 414 g/mol. The molecule has 0 radical (unpaired) electrons. The van der Waals surface area contributed by atoms with Crippen LogP contribution in [0.25, 0.3) is 0 Å². The predicted octanol–water partition coefficient (Wildman–Crippen LogP) is 6.33. The number of rotatable bonds is 8. The summed E-state index contributed by atoms with van der Waals surface area (Å²) in [5.41, 5.74) is 1.79. The molecule has 0 amide bonds. The number of hydrogen-bond acceptors (Lipinski definition) is 3. The molecule has 1 aromatic carbocycles. The molecule has 4 aliphatic rings. The van der Waals surface area contributed by atoms with Gasteiger partial charge in [0, 0.05) is 12.6 Å². The lowest BCUT2D eigenvalue weighted by atomic mass is 9.48. The van der Waals surface area contributed by atoms with Crippen molar-refractivity contribution in [1.29, 1.82) is 0 Å². The molecule has 0 spiro atoms. The minimum absolute atomic E-state index is 0.121. The van der Waals surface area contributed by atoms with Crippen molar-refractivity contribution in [3.8, 4) is 11.5 Å². The topological polar surface area (TPSA) is 30.5 Å². The van der Waals surface area contributed by atoms with Gasteiger partial charge in [-0.2, -0.15) is 0 Å². The van der Waals surface area contributed by atoms with Gasteiger partial charge in [0.2, 0.25) is 0 Å². The van der Waals surface area contributed by atoms with Crippen LogP contribution in [0.5, 0.6) is 11.5 Å². The van der Waals surface area contributed by atoms with Crippen LogP contribution < -0.4 is 14.8 Å². The maximum absolute atomic E-state index is 5.98. The van der Waals surface area contributed by atoms with E-state index in [4.69, 9.17) is 9.47 Å². The van der Waals surface area contributed by atoms with Crippen LogP contribution in [0, 0.1) is 23.2 Å². The number of hydrogen-bond donors (Lipinski definition) is 1. The van der Waals surface area contributed by atoms with Gasteiger partial charge < -0.3 is 14.8 Å². The molecule has 1 aromatic rings. The number of nitrogens with one attached hydrogen (secondary N) is 1. The van der Waals surface area contributed by atoms with Crippen LogP contribution >= 0.6 is 15.9 Å². The van der Waals surface area contributed by atoms with Gasteiger partial charge in [-0.25, -0.2) is 0 Å². The van der Waals surface area contributed by atoms with E-state index >= 15 is 0 Å². The smallest absolute Gasteiger partial charge is 0.175 e. The van der Waals surface area contributed by atoms with E-state index < -0.39 is 0 Å². The van der Waals surface area contributed by atoms with Gasteiger partial charge in [0.25, 0.3) is 0 Å². The van der Waals surface area contributed by atoms with E-state index in [1.54, 1.807) is 0 Å². The summed E-state index contributed by atoms with van der Waals surface area (Å²) in [6.45, 7) is 10.1. The van der Waals surface area contributed by atoms with Crippen molar-refractivity contribution >= 4 is 15.9 Å². The number of benzene rings is 1. The average Bonchev–Trinajstić information content (AvgIpc) is 2.61. The summed E-state index contributed by atoms with van der Waals surface area (Å²) in [5, 5.41) is 3.90. The van der Waals surface area contributed by atoms with E-state index in [1.807, 2.05) is 20.8 Å². The molecule has 1 N–H and O–H groups in total. The molecule has 4 saturated carbocycles. The molecule has 0 aliphatic heterocycles. The Labute approximate surface area is 179 Å². The van der Waals surface area contributed by atoms with Crippen molar-refractivity contribution in [2.75, 3.05) is 6.61 Å². The average molecular weight is 450 g/mol. The first kappa shape index (κ1) is 20.5. The molecule has 1 unspecified atom stereocenters. The second-order valence-electron chi connectivity index (χ2n) is 9.89. The van der Waals surface area contributed by atoms with Crippen LogP contribution in [0.15, 0.2) is 16.6 Å². The minimum Gasteiger partial charge on any atom is -0.490 e. The fourth-order valence-corrected chi connectivity index (χ4v) is 7.11. The standard InChI is InChI=1S/C24H36BrNO2/c1-5-27-22-10-20(9-21(25)23(22)28-15(2)3)14-26-16(4)24-11-17-6-18(12-24)8-19(7-17)13-24/h9-10,15-19,26H,5-8,11-14H2,1-4H3. The first-order valence-electron chi connectivity index (χ1n) is 11.2. The molecule has 4 bridgehead atoms. The van der Waals surface area contributed by atoms with Crippen LogP contribution in [-0.2, 0) is 6.54 Å². The maximum atomic E-state index is 5.98. The molecule has 28 heavy (non-hydrogen) atoms. The Morgan fingerprint density at radius 1 is 1.07 bits per heavy atom. The number of ether oxygens (including phenoxy) is 2. The fraction of sp³-hybridized carbons (Fsp3) is 0.750. The Hall–Kier alpha value is -0.740. The molecule has 156 valence electrons. The number of halogens is 1. The lowest BCUT2D eigenvalue weighted by Gasteiger charge is -2.59. The van der Waals surface area contributed by atoms with Gasteiger partial charge in [-0.3, -0.25) is 0 Å². The lowest BCUT2D eigenvalue weighted by Crippen LogP contribution is -2.54. The second kappa shape index (κ2) is 8.18. The van der Waals surface area contributed by atoms with E-state index in [0.717, 1.165) is 40.3 Å². The van der Waals surface area contributed by atoms with E-state index in [1.165, 1.54) is 44.1 Å². The van der Waals surface area contributed by atoms with Crippen LogP contribution in [0.4, 0.5) is 0 Å². The van der Waals surface area contributed by atoms with E-state index in [2.05, 4.69) is 40.3 Å². The van der Waals surface area contributed by atoms with Gasteiger partial charge in [0.1, 0.15) is 0 Å². The van der Waals surface area contributed by atoms with Crippen molar-refractivity contribution in [2.24, 2.45) is 23.2 Å². The summed E-state index contributed by atoms with van der Waals surface area (Å²) in [6, 6.07) is 4.90. The zero-order chi connectivity index (χ0) is 19.9. The summed E-state index contributed by atoms with van der Waals surface area (Å²) in [5.74, 6) is 4.66. The molecule has 4 fully saturated rings. The molecule has 3 nitrogen and oxygen atoms in total. The second-order valence-corrected chi connectivity index (χ2v) is 10.7. The monoisotopic (exact) mass is 449 g/mol.